The summed E-state index contributed by atoms with van der Waals surface area (Å²) in [5, 5.41) is 5.72. The average molecular weight is 515 g/mol. The van der Waals surface area contributed by atoms with Crippen LogP contribution in [0.3, 0.4) is 0 Å². The van der Waals surface area contributed by atoms with Gasteiger partial charge in [0.25, 0.3) is 0 Å². The summed E-state index contributed by atoms with van der Waals surface area (Å²) in [5.74, 6) is -0.0920. The van der Waals surface area contributed by atoms with E-state index in [-0.39, 0.29) is 24.3 Å². The molecule has 9 nitrogen and oxygen atoms in total. The van der Waals surface area contributed by atoms with Crippen molar-refractivity contribution in [2.24, 2.45) is 5.41 Å². The number of alkyl carbamates (subject to hydrolysis) is 1. The topological polar surface area (TPSA) is 108 Å². The minimum absolute atomic E-state index is 0.0488. The maximum Gasteiger partial charge on any atom is 0.407 e. The number of likely N-dealkylation sites (tertiary alicyclic amines) is 1. The van der Waals surface area contributed by atoms with Crippen molar-refractivity contribution in [3.8, 4) is 0 Å². The molecule has 2 saturated heterocycles. The predicted octanol–water partition coefficient (Wildman–Crippen LogP) is 3.23. The number of hydrogen-bond acceptors (Lipinski definition) is 5. The third-order valence-electron chi connectivity index (χ3n) is 7.18. The van der Waals surface area contributed by atoms with Crippen LogP contribution in [0.15, 0.2) is 30.3 Å². The number of carbonyl (C=O) groups excluding carboxylic acids is 4. The normalized spacial score (nSPS) is 19.5. The van der Waals surface area contributed by atoms with Crippen LogP contribution in [0.4, 0.5) is 4.79 Å². The summed E-state index contributed by atoms with van der Waals surface area (Å²) in [4.78, 5) is 55.0. The number of carbonyl (C=O) groups is 4. The predicted molar refractivity (Wildman–Crippen MR) is 140 cm³/mol. The van der Waals surface area contributed by atoms with Gasteiger partial charge in [-0.05, 0) is 44.1 Å². The second-order valence-electron chi connectivity index (χ2n) is 11.1. The van der Waals surface area contributed by atoms with Crippen LogP contribution in [0.25, 0.3) is 0 Å². The lowest BCUT2D eigenvalue weighted by atomic mass is 9.80. The smallest absolute Gasteiger partial charge is 0.407 e. The number of benzene rings is 1. The lowest BCUT2D eigenvalue weighted by Crippen LogP contribution is -2.73. The maximum absolute atomic E-state index is 13.4. The fraction of sp³-hybridized carbons (Fsp3) is 0.643. The first-order valence-electron chi connectivity index (χ1n) is 13.4. The maximum atomic E-state index is 13.4. The van der Waals surface area contributed by atoms with Crippen molar-refractivity contribution >= 4 is 23.8 Å². The summed E-state index contributed by atoms with van der Waals surface area (Å²) in [7, 11) is 0. The molecule has 0 aliphatic carbocycles. The third-order valence-corrected chi connectivity index (χ3v) is 7.18. The monoisotopic (exact) mass is 514 g/mol. The lowest BCUT2D eigenvalue weighted by Gasteiger charge is -2.52. The van der Waals surface area contributed by atoms with E-state index in [1.54, 1.807) is 4.90 Å². The molecular weight excluding hydrogens is 472 g/mol. The number of ether oxygens (including phenoxy) is 1. The van der Waals surface area contributed by atoms with E-state index >= 15 is 0 Å². The second-order valence-corrected chi connectivity index (χ2v) is 11.1. The van der Waals surface area contributed by atoms with Crippen molar-refractivity contribution in [2.45, 2.75) is 84.4 Å². The Morgan fingerprint density at radius 2 is 1.78 bits per heavy atom. The molecule has 1 atom stereocenters. The molecule has 0 bridgehead atoms. The van der Waals surface area contributed by atoms with Gasteiger partial charge in [0.05, 0.1) is 0 Å². The zero-order chi connectivity index (χ0) is 27.1. The first-order valence-corrected chi connectivity index (χ1v) is 13.4. The highest BCUT2D eigenvalue weighted by Gasteiger charge is 2.53. The molecule has 2 aliphatic rings. The van der Waals surface area contributed by atoms with Crippen molar-refractivity contribution in [3.05, 3.63) is 35.9 Å². The number of amides is 4. The van der Waals surface area contributed by atoms with Crippen LogP contribution in [0.1, 0.15) is 71.8 Å². The Morgan fingerprint density at radius 3 is 2.41 bits per heavy atom. The number of piperazine rings is 1. The van der Waals surface area contributed by atoms with Gasteiger partial charge in [0.1, 0.15) is 18.2 Å². The summed E-state index contributed by atoms with van der Waals surface area (Å²) in [6, 6.07) is 8.91. The molecule has 2 aliphatic heterocycles. The summed E-state index contributed by atoms with van der Waals surface area (Å²) >= 11 is 0. The molecule has 3 rings (SSSR count). The zero-order valence-corrected chi connectivity index (χ0v) is 22.7. The molecule has 0 aromatic heterocycles. The van der Waals surface area contributed by atoms with Gasteiger partial charge in [-0.2, -0.15) is 0 Å². The number of unbranched alkanes of at least 4 members (excludes halogenated alkanes) is 1. The van der Waals surface area contributed by atoms with Gasteiger partial charge >= 0.3 is 6.09 Å². The van der Waals surface area contributed by atoms with E-state index in [2.05, 4.69) is 10.6 Å². The summed E-state index contributed by atoms with van der Waals surface area (Å²) in [6.07, 6.45) is 3.05. The highest BCUT2D eigenvalue weighted by molar-refractivity contribution is 6.00. The van der Waals surface area contributed by atoms with Gasteiger partial charge in [-0.15, -0.1) is 0 Å². The Hall–Kier alpha value is -3.10. The number of hydrogen-bond donors (Lipinski definition) is 2. The van der Waals surface area contributed by atoms with Crippen LogP contribution in [-0.4, -0.2) is 71.4 Å². The van der Waals surface area contributed by atoms with Crippen molar-refractivity contribution < 1.29 is 23.9 Å². The number of nitrogens with one attached hydrogen (secondary N) is 2. The fourth-order valence-corrected chi connectivity index (χ4v) is 5.11. The molecule has 0 radical (unpaired) electrons. The van der Waals surface area contributed by atoms with Gasteiger partial charge < -0.3 is 25.2 Å². The first-order chi connectivity index (χ1) is 17.6. The fourth-order valence-electron chi connectivity index (χ4n) is 5.11. The lowest BCUT2D eigenvalue weighted by molar-refractivity contribution is -0.163. The average Bonchev–Trinajstić information content (AvgIpc) is 2.88. The van der Waals surface area contributed by atoms with Gasteiger partial charge in [0.2, 0.25) is 17.7 Å². The molecule has 2 fully saturated rings. The van der Waals surface area contributed by atoms with Crippen LogP contribution in [-0.2, 0) is 25.7 Å². The van der Waals surface area contributed by atoms with E-state index in [0.717, 1.165) is 12.0 Å². The van der Waals surface area contributed by atoms with Crippen molar-refractivity contribution in [1.82, 2.24) is 20.4 Å². The third kappa shape index (κ3) is 7.02. The highest BCUT2D eigenvalue weighted by atomic mass is 16.5. The quantitative estimate of drug-likeness (QED) is 0.492. The van der Waals surface area contributed by atoms with Gasteiger partial charge in [-0.25, -0.2) is 4.79 Å². The Kier molecular flexibility index (Phi) is 9.56. The highest BCUT2D eigenvalue weighted by Crippen LogP contribution is 2.35. The van der Waals surface area contributed by atoms with Crippen molar-refractivity contribution in [2.75, 3.05) is 26.2 Å². The molecule has 204 valence electrons. The van der Waals surface area contributed by atoms with E-state index in [1.165, 1.54) is 0 Å². The molecular formula is C28H42N4O5. The standard InChI is InChI=1S/C28H42N4O5/c1-5-17-32-23(33)22(13-9-10-16-29-26(36)37-20-21-11-7-6-8-12-21)30-24(34)28(32)14-18-31(19-15-28)25(35)27(2,3)4/h6-8,11-12,22H,5,9-10,13-20H2,1-4H3,(H,29,36)(H,30,34)/t22-/m0/s1. The molecule has 9 heteroatoms. The van der Waals surface area contributed by atoms with E-state index < -0.39 is 23.1 Å². The minimum atomic E-state index is -0.887. The Balaban J connectivity index is 1.47. The summed E-state index contributed by atoms with van der Waals surface area (Å²) in [5.41, 5.74) is -0.441. The molecule has 0 saturated carbocycles. The van der Waals surface area contributed by atoms with Crippen LogP contribution < -0.4 is 10.6 Å². The Morgan fingerprint density at radius 1 is 1.11 bits per heavy atom. The molecule has 37 heavy (non-hydrogen) atoms. The van der Waals surface area contributed by atoms with Crippen molar-refractivity contribution in [1.29, 1.82) is 0 Å². The minimum Gasteiger partial charge on any atom is -0.445 e. The van der Waals surface area contributed by atoms with E-state index in [9.17, 15) is 19.2 Å². The van der Waals surface area contributed by atoms with Gasteiger partial charge in [0.15, 0.2) is 0 Å². The molecule has 2 heterocycles. The van der Waals surface area contributed by atoms with Crippen LogP contribution in [0.5, 0.6) is 0 Å². The van der Waals surface area contributed by atoms with Gasteiger partial charge in [0, 0.05) is 31.6 Å². The van der Waals surface area contributed by atoms with Gasteiger partial charge in [-0.1, -0.05) is 58.0 Å². The number of nitrogens with zero attached hydrogens (tertiary/aromatic N) is 2. The number of rotatable bonds is 9. The number of piperidine rings is 1. The van der Waals surface area contributed by atoms with E-state index in [1.807, 2.05) is 62.9 Å². The SMILES string of the molecule is CCCN1C(=O)[C@H](CCCCNC(=O)OCc2ccccc2)NC(=O)C12CCN(C(=O)C(C)(C)C)CC2. The second kappa shape index (κ2) is 12.4. The molecule has 1 spiro atoms. The molecule has 1 aromatic rings. The van der Waals surface area contributed by atoms with Crippen LogP contribution in [0, 0.1) is 5.41 Å². The van der Waals surface area contributed by atoms with Crippen molar-refractivity contribution in [3.63, 3.8) is 0 Å². The van der Waals surface area contributed by atoms with E-state index in [4.69, 9.17) is 4.74 Å². The zero-order valence-electron chi connectivity index (χ0n) is 22.7. The summed E-state index contributed by atoms with van der Waals surface area (Å²) < 4.78 is 5.21. The molecule has 0 unspecified atom stereocenters. The van der Waals surface area contributed by atoms with Gasteiger partial charge in [-0.3, -0.25) is 14.4 Å². The van der Waals surface area contributed by atoms with E-state index in [0.29, 0.717) is 58.3 Å². The Labute approximate surface area is 220 Å². The molecule has 4 amide bonds. The van der Waals surface area contributed by atoms with Crippen LogP contribution in [0.2, 0.25) is 0 Å². The first kappa shape index (κ1) is 28.5. The molecule has 2 N–H and O–H groups in total. The largest absolute Gasteiger partial charge is 0.445 e. The Bertz CT molecular complexity index is 951. The van der Waals surface area contributed by atoms with Crippen LogP contribution >= 0.6 is 0 Å². The molecule has 1 aromatic carbocycles. The summed E-state index contributed by atoms with van der Waals surface area (Å²) in [6.45, 7) is 9.79.